The van der Waals surface area contributed by atoms with Crippen LogP contribution in [0.25, 0.3) is 5.57 Å². The second-order valence-electron chi connectivity index (χ2n) is 4.29. The van der Waals surface area contributed by atoms with Gasteiger partial charge in [0.2, 0.25) is 0 Å². The highest BCUT2D eigenvalue weighted by Crippen LogP contribution is 2.27. The molecule has 2 rings (SSSR count). The molecular weight excluding hydrogens is 204 g/mol. The van der Waals surface area contributed by atoms with Crippen LogP contribution in [0.4, 0.5) is 0 Å². The minimum absolute atomic E-state index is 1.09. The Bertz CT molecular complexity index is 499. The van der Waals surface area contributed by atoms with Crippen molar-refractivity contribution < 1.29 is 0 Å². The molecule has 1 aromatic carbocycles. The van der Waals surface area contributed by atoms with Crippen LogP contribution in [0.5, 0.6) is 0 Å². The third kappa shape index (κ3) is 2.85. The number of benzene rings is 1. The predicted octanol–water partition coefficient (Wildman–Crippen LogP) is 4.70. The average Bonchev–Trinajstić information content (AvgIpc) is 2.50. The Morgan fingerprint density at radius 3 is 2.76 bits per heavy atom. The SMILES string of the molecule is C=C1C=C(/C=C\C=C/C)CCc2ccccc21. The van der Waals surface area contributed by atoms with Crippen LogP contribution in [-0.2, 0) is 6.42 Å². The summed E-state index contributed by atoms with van der Waals surface area (Å²) in [5.41, 5.74) is 5.17. The van der Waals surface area contributed by atoms with Gasteiger partial charge in [-0.2, -0.15) is 0 Å². The Balaban J connectivity index is 2.26. The van der Waals surface area contributed by atoms with E-state index in [1.165, 1.54) is 16.7 Å². The highest BCUT2D eigenvalue weighted by Gasteiger charge is 2.09. The summed E-state index contributed by atoms with van der Waals surface area (Å²) >= 11 is 0. The number of rotatable bonds is 2. The Kier molecular flexibility index (Phi) is 3.77. The third-order valence-corrected chi connectivity index (χ3v) is 3.02. The van der Waals surface area contributed by atoms with Crippen molar-refractivity contribution in [3.05, 3.63) is 77.9 Å². The lowest BCUT2D eigenvalue weighted by Gasteiger charge is -2.04. The normalized spacial score (nSPS) is 16.1. The average molecular weight is 222 g/mol. The standard InChI is InChI=1S/C17H18/c1-3-4-5-8-15-11-12-16-9-6-7-10-17(16)14(2)13-15/h3-10,13H,2,11-12H2,1H3/b4-3-,8-5-. The van der Waals surface area contributed by atoms with Gasteiger partial charge >= 0.3 is 0 Å². The Morgan fingerprint density at radius 1 is 1.12 bits per heavy atom. The molecule has 0 saturated carbocycles. The Labute approximate surface area is 104 Å². The number of aryl methyl sites for hydroxylation is 1. The Hall–Kier alpha value is -1.82. The molecule has 0 aromatic heterocycles. The lowest BCUT2D eigenvalue weighted by atomic mass is 10.0. The van der Waals surface area contributed by atoms with Gasteiger partial charge in [-0.25, -0.2) is 0 Å². The lowest BCUT2D eigenvalue weighted by Crippen LogP contribution is -1.88. The van der Waals surface area contributed by atoms with Gasteiger partial charge in [-0.05, 0) is 42.0 Å². The van der Waals surface area contributed by atoms with E-state index in [1.54, 1.807) is 0 Å². The summed E-state index contributed by atoms with van der Waals surface area (Å²) in [7, 11) is 0. The Morgan fingerprint density at radius 2 is 1.94 bits per heavy atom. The van der Waals surface area contributed by atoms with Crippen LogP contribution < -0.4 is 0 Å². The first-order valence-electron chi connectivity index (χ1n) is 6.08. The van der Waals surface area contributed by atoms with Crippen LogP contribution in [0.15, 0.2) is 66.8 Å². The van der Waals surface area contributed by atoms with Gasteiger partial charge in [-0.15, -0.1) is 0 Å². The van der Waals surface area contributed by atoms with Gasteiger partial charge in [0.05, 0.1) is 0 Å². The van der Waals surface area contributed by atoms with Crippen LogP contribution in [0.3, 0.4) is 0 Å². The summed E-state index contributed by atoms with van der Waals surface area (Å²) in [6.45, 7) is 6.19. The molecule has 0 unspecified atom stereocenters. The van der Waals surface area contributed by atoms with E-state index in [9.17, 15) is 0 Å². The minimum Gasteiger partial charge on any atom is -0.0911 e. The van der Waals surface area contributed by atoms with Gasteiger partial charge in [0, 0.05) is 0 Å². The van der Waals surface area contributed by atoms with Crippen LogP contribution in [0, 0.1) is 0 Å². The van der Waals surface area contributed by atoms with Crippen molar-refractivity contribution in [3.63, 3.8) is 0 Å². The van der Waals surface area contributed by atoms with Crippen molar-refractivity contribution in [2.75, 3.05) is 0 Å². The highest BCUT2D eigenvalue weighted by molar-refractivity contribution is 5.76. The largest absolute Gasteiger partial charge is 0.0911 e. The zero-order valence-electron chi connectivity index (χ0n) is 10.3. The molecule has 0 heteroatoms. The molecule has 0 spiro atoms. The molecule has 0 aliphatic heterocycles. The molecule has 0 bridgehead atoms. The van der Waals surface area contributed by atoms with E-state index in [-0.39, 0.29) is 0 Å². The molecule has 1 aromatic rings. The van der Waals surface area contributed by atoms with Gasteiger partial charge in [-0.1, -0.05) is 61.2 Å². The van der Waals surface area contributed by atoms with E-state index in [4.69, 9.17) is 0 Å². The first-order valence-corrected chi connectivity index (χ1v) is 6.08. The van der Waals surface area contributed by atoms with Crippen molar-refractivity contribution >= 4 is 5.57 Å². The van der Waals surface area contributed by atoms with Gasteiger partial charge in [0.15, 0.2) is 0 Å². The van der Waals surface area contributed by atoms with Gasteiger partial charge < -0.3 is 0 Å². The van der Waals surface area contributed by atoms with Crippen LogP contribution in [-0.4, -0.2) is 0 Å². The molecule has 0 fully saturated rings. The molecule has 0 atom stereocenters. The number of allylic oxidation sites excluding steroid dienone is 7. The number of hydrogen-bond acceptors (Lipinski definition) is 0. The van der Waals surface area contributed by atoms with Crippen molar-refractivity contribution in [1.82, 2.24) is 0 Å². The zero-order valence-corrected chi connectivity index (χ0v) is 10.3. The summed E-state index contributed by atoms with van der Waals surface area (Å²) in [5.74, 6) is 0. The first-order chi connectivity index (χ1) is 8.31. The second kappa shape index (κ2) is 5.49. The van der Waals surface area contributed by atoms with Crippen LogP contribution in [0.2, 0.25) is 0 Å². The summed E-state index contributed by atoms with van der Waals surface area (Å²) in [6.07, 6.45) is 12.8. The topological polar surface area (TPSA) is 0 Å². The predicted molar refractivity (Wildman–Crippen MR) is 75.8 cm³/mol. The molecule has 0 amide bonds. The second-order valence-corrected chi connectivity index (χ2v) is 4.29. The van der Waals surface area contributed by atoms with E-state index in [2.05, 4.69) is 55.1 Å². The molecule has 0 nitrogen and oxygen atoms in total. The number of hydrogen-bond donors (Lipinski definition) is 0. The molecule has 0 radical (unpaired) electrons. The minimum atomic E-state index is 1.09. The fourth-order valence-electron chi connectivity index (χ4n) is 2.13. The molecule has 0 saturated heterocycles. The first kappa shape index (κ1) is 11.7. The van der Waals surface area contributed by atoms with E-state index >= 15 is 0 Å². The molecule has 1 aliphatic carbocycles. The monoisotopic (exact) mass is 222 g/mol. The van der Waals surface area contributed by atoms with Crippen LogP contribution in [0.1, 0.15) is 24.5 Å². The fraction of sp³-hybridized carbons (Fsp3) is 0.176. The zero-order chi connectivity index (χ0) is 12.1. The van der Waals surface area contributed by atoms with Gasteiger partial charge in [0.1, 0.15) is 0 Å². The maximum absolute atomic E-state index is 4.17. The van der Waals surface area contributed by atoms with E-state index in [0.717, 1.165) is 18.4 Å². The van der Waals surface area contributed by atoms with E-state index in [1.807, 2.05) is 13.0 Å². The highest BCUT2D eigenvalue weighted by atomic mass is 14.1. The molecular formula is C17H18. The lowest BCUT2D eigenvalue weighted by molar-refractivity contribution is 0.971. The summed E-state index contributed by atoms with van der Waals surface area (Å²) in [4.78, 5) is 0. The molecule has 1 aliphatic rings. The van der Waals surface area contributed by atoms with Gasteiger partial charge in [0.25, 0.3) is 0 Å². The smallest absolute Gasteiger partial charge is 0.0158 e. The molecule has 0 N–H and O–H groups in total. The van der Waals surface area contributed by atoms with Gasteiger partial charge in [-0.3, -0.25) is 0 Å². The molecule has 17 heavy (non-hydrogen) atoms. The fourth-order valence-corrected chi connectivity index (χ4v) is 2.13. The summed E-state index contributed by atoms with van der Waals surface area (Å²) < 4.78 is 0. The van der Waals surface area contributed by atoms with Crippen LogP contribution >= 0.6 is 0 Å². The third-order valence-electron chi connectivity index (χ3n) is 3.02. The quantitative estimate of drug-likeness (QED) is 0.636. The van der Waals surface area contributed by atoms with Crippen molar-refractivity contribution in [3.8, 4) is 0 Å². The van der Waals surface area contributed by atoms with Crippen molar-refractivity contribution in [1.29, 1.82) is 0 Å². The van der Waals surface area contributed by atoms with Crippen molar-refractivity contribution in [2.45, 2.75) is 19.8 Å². The van der Waals surface area contributed by atoms with E-state index in [0.29, 0.717) is 0 Å². The summed E-state index contributed by atoms with van der Waals surface area (Å²) in [5, 5.41) is 0. The maximum atomic E-state index is 4.17. The summed E-state index contributed by atoms with van der Waals surface area (Å²) in [6, 6.07) is 8.55. The van der Waals surface area contributed by atoms with E-state index < -0.39 is 0 Å². The maximum Gasteiger partial charge on any atom is -0.0158 e. The number of fused-ring (bicyclic) bond motifs is 1. The molecule has 86 valence electrons. The molecule has 0 heterocycles. The van der Waals surface area contributed by atoms with Crippen molar-refractivity contribution in [2.24, 2.45) is 0 Å².